The lowest BCUT2D eigenvalue weighted by atomic mass is 10.2. The third kappa shape index (κ3) is 4.35. The predicted octanol–water partition coefficient (Wildman–Crippen LogP) is 1.84. The van der Waals surface area contributed by atoms with Gasteiger partial charge in [-0.3, -0.25) is 0 Å². The standard InChI is InChI=1S/C12H15IN2O4/c1-2-15(5-6-16)12(19)14-10-4-3-8(13)7-9(10)11(17)18/h3-4,7,16H,2,5-6H2,1H3,(H,14,19)(H,17,18). The maximum Gasteiger partial charge on any atom is 0.337 e. The van der Waals surface area contributed by atoms with Crippen molar-refractivity contribution in [3.8, 4) is 0 Å². The van der Waals surface area contributed by atoms with Crippen LogP contribution in [0.25, 0.3) is 0 Å². The normalized spacial score (nSPS) is 10.1. The summed E-state index contributed by atoms with van der Waals surface area (Å²) in [6.45, 7) is 2.27. The highest BCUT2D eigenvalue weighted by molar-refractivity contribution is 14.1. The molecule has 0 fully saturated rings. The first-order valence-corrected chi connectivity index (χ1v) is 6.77. The lowest BCUT2D eigenvalue weighted by Crippen LogP contribution is -2.37. The summed E-state index contributed by atoms with van der Waals surface area (Å²) >= 11 is 2.00. The second kappa shape index (κ2) is 7.29. The molecule has 3 N–H and O–H groups in total. The Morgan fingerprint density at radius 2 is 2.11 bits per heavy atom. The Balaban J connectivity index is 2.92. The fraction of sp³-hybridized carbons (Fsp3) is 0.333. The average Bonchev–Trinajstić information content (AvgIpc) is 2.37. The Morgan fingerprint density at radius 1 is 1.42 bits per heavy atom. The molecular weight excluding hydrogens is 363 g/mol. The number of likely N-dealkylation sites (N-methyl/N-ethyl adjacent to an activating group) is 1. The summed E-state index contributed by atoms with van der Waals surface area (Å²) in [6.07, 6.45) is 0. The van der Waals surface area contributed by atoms with E-state index in [1.54, 1.807) is 19.1 Å². The summed E-state index contributed by atoms with van der Waals surface area (Å²) in [5.41, 5.74) is 0.287. The molecule has 2 amide bonds. The Hall–Kier alpha value is -1.35. The van der Waals surface area contributed by atoms with E-state index in [4.69, 9.17) is 10.2 Å². The second-order valence-corrected chi connectivity index (χ2v) is 4.97. The number of carboxylic acid groups (broad SMARTS) is 1. The molecule has 0 aliphatic heterocycles. The fourth-order valence-corrected chi connectivity index (χ4v) is 2.01. The van der Waals surface area contributed by atoms with E-state index in [2.05, 4.69) is 5.32 Å². The molecular formula is C12H15IN2O4. The van der Waals surface area contributed by atoms with Gasteiger partial charge < -0.3 is 20.4 Å². The van der Waals surface area contributed by atoms with Gasteiger partial charge in [-0.1, -0.05) is 0 Å². The minimum absolute atomic E-state index is 0.0419. The zero-order valence-corrected chi connectivity index (χ0v) is 12.5. The number of anilines is 1. The number of nitrogens with zero attached hydrogens (tertiary/aromatic N) is 1. The van der Waals surface area contributed by atoms with Crippen LogP contribution in [0.15, 0.2) is 18.2 Å². The molecule has 1 rings (SSSR count). The maximum absolute atomic E-state index is 11.9. The smallest absolute Gasteiger partial charge is 0.337 e. The summed E-state index contributed by atoms with van der Waals surface area (Å²) < 4.78 is 0.774. The van der Waals surface area contributed by atoms with E-state index in [0.29, 0.717) is 6.54 Å². The van der Waals surface area contributed by atoms with Gasteiger partial charge in [0.05, 0.1) is 17.9 Å². The van der Waals surface area contributed by atoms with Crippen LogP contribution in [0.2, 0.25) is 0 Å². The lowest BCUT2D eigenvalue weighted by Gasteiger charge is -2.20. The summed E-state index contributed by atoms with van der Waals surface area (Å²) in [6, 6.07) is 4.32. The first-order chi connectivity index (χ1) is 8.99. The number of rotatable bonds is 5. The second-order valence-electron chi connectivity index (χ2n) is 3.73. The minimum Gasteiger partial charge on any atom is -0.478 e. The van der Waals surface area contributed by atoms with E-state index in [9.17, 15) is 9.59 Å². The maximum atomic E-state index is 11.9. The molecule has 0 unspecified atom stereocenters. The number of carboxylic acids is 1. The Kier molecular flexibility index (Phi) is 6.03. The van der Waals surface area contributed by atoms with Crippen molar-refractivity contribution in [1.82, 2.24) is 4.90 Å². The molecule has 0 aromatic heterocycles. The molecule has 7 heteroatoms. The highest BCUT2D eigenvalue weighted by atomic mass is 127. The van der Waals surface area contributed by atoms with E-state index in [1.807, 2.05) is 22.6 Å². The molecule has 0 aliphatic rings. The number of amides is 2. The number of carbonyl (C=O) groups is 2. The van der Waals surface area contributed by atoms with Crippen molar-refractivity contribution in [2.24, 2.45) is 0 Å². The van der Waals surface area contributed by atoms with Crippen molar-refractivity contribution in [1.29, 1.82) is 0 Å². The van der Waals surface area contributed by atoms with Gasteiger partial charge in [0.2, 0.25) is 0 Å². The summed E-state index contributed by atoms with van der Waals surface area (Å²) in [4.78, 5) is 24.4. The molecule has 0 heterocycles. The van der Waals surface area contributed by atoms with Gasteiger partial charge in [-0.15, -0.1) is 0 Å². The highest BCUT2D eigenvalue weighted by Crippen LogP contribution is 2.19. The zero-order chi connectivity index (χ0) is 14.4. The number of aromatic carboxylic acids is 1. The van der Waals surface area contributed by atoms with Crippen LogP contribution in [-0.2, 0) is 0 Å². The van der Waals surface area contributed by atoms with Crippen molar-refractivity contribution in [2.75, 3.05) is 25.0 Å². The van der Waals surface area contributed by atoms with Crippen LogP contribution in [0.4, 0.5) is 10.5 Å². The third-order valence-electron chi connectivity index (χ3n) is 2.49. The van der Waals surface area contributed by atoms with Gasteiger partial charge in [0.25, 0.3) is 0 Å². The third-order valence-corrected chi connectivity index (χ3v) is 3.16. The van der Waals surface area contributed by atoms with Crippen LogP contribution in [0.1, 0.15) is 17.3 Å². The number of carbonyl (C=O) groups excluding carboxylic acids is 1. The van der Waals surface area contributed by atoms with E-state index >= 15 is 0 Å². The van der Waals surface area contributed by atoms with Crippen molar-refractivity contribution in [3.63, 3.8) is 0 Å². The number of halogens is 1. The minimum atomic E-state index is -1.10. The molecule has 0 atom stereocenters. The van der Waals surface area contributed by atoms with E-state index in [1.165, 1.54) is 11.0 Å². The van der Waals surface area contributed by atoms with Gasteiger partial charge in [0, 0.05) is 16.7 Å². The zero-order valence-electron chi connectivity index (χ0n) is 10.4. The largest absolute Gasteiger partial charge is 0.478 e. The summed E-state index contributed by atoms with van der Waals surface area (Å²) in [7, 11) is 0. The van der Waals surface area contributed by atoms with Crippen molar-refractivity contribution in [2.45, 2.75) is 6.92 Å². The van der Waals surface area contributed by atoms with E-state index in [-0.39, 0.29) is 24.4 Å². The fourth-order valence-electron chi connectivity index (χ4n) is 1.52. The van der Waals surface area contributed by atoms with Crippen LogP contribution in [0.3, 0.4) is 0 Å². The molecule has 6 nitrogen and oxygen atoms in total. The number of aliphatic hydroxyl groups is 1. The molecule has 0 saturated heterocycles. The molecule has 0 bridgehead atoms. The van der Waals surface area contributed by atoms with Gasteiger partial charge in [0.1, 0.15) is 0 Å². The van der Waals surface area contributed by atoms with Crippen molar-refractivity contribution >= 4 is 40.3 Å². The molecule has 104 valence electrons. The quantitative estimate of drug-likeness (QED) is 0.682. The lowest BCUT2D eigenvalue weighted by molar-refractivity contribution is 0.0698. The SMILES string of the molecule is CCN(CCO)C(=O)Nc1ccc(I)cc1C(=O)O. The topological polar surface area (TPSA) is 89.9 Å². The van der Waals surface area contributed by atoms with Crippen molar-refractivity contribution < 1.29 is 19.8 Å². The van der Waals surface area contributed by atoms with Gasteiger partial charge in [-0.05, 0) is 47.7 Å². The van der Waals surface area contributed by atoms with Crippen molar-refractivity contribution in [3.05, 3.63) is 27.3 Å². The predicted molar refractivity (Wildman–Crippen MR) is 79.5 cm³/mol. The van der Waals surface area contributed by atoms with Gasteiger partial charge >= 0.3 is 12.0 Å². The Bertz CT molecular complexity index is 479. The van der Waals surface area contributed by atoms with Gasteiger partial charge in [-0.25, -0.2) is 9.59 Å². The monoisotopic (exact) mass is 378 g/mol. The first kappa shape index (κ1) is 15.7. The van der Waals surface area contributed by atoms with Crippen LogP contribution in [-0.4, -0.2) is 46.8 Å². The van der Waals surface area contributed by atoms with Crippen LogP contribution < -0.4 is 5.32 Å². The molecule has 0 aliphatic carbocycles. The van der Waals surface area contributed by atoms with Crippen LogP contribution >= 0.6 is 22.6 Å². The van der Waals surface area contributed by atoms with E-state index in [0.717, 1.165) is 3.57 Å². The molecule has 1 aromatic carbocycles. The first-order valence-electron chi connectivity index (χ1n) is 5.69. The summed E-state index contributed by atoms with van der Waals surface area (Å²) in [5, 5.41) is 20.5. The summed E-state index contributed by atoms with van der Waals surface area (Å²) in [5.74, 6) is -1.10. The molecule has 1 aromatic rings. The molecule has 0 saturated carbocycles. The number of hydrogen-bond acceptors (Lipinski definition) is 3. The van der Waals surface area contributed by atoms with Crippen LogP contribution in [0, 0.1) is 3.57 Å². The highest BCUT2D eigenvalue weighted by Gasteiger charge is 2.16. The molecule has 0 spiro atoms. The number of nitrogens with one attached hydrogen (secondary N) is 1. The number of hydrogen-bond donors (Lipinski definition) is 3. The molecule has 19 heavy (non-hydrogen) atoms. The Labute approximate surface area is 124 Å². The van der Waals surface area contributed by atoms with E-state index < -0.39 is 12.0 Å². The average molecular weight is 378 g/mol. The Morgan fingerprint density at radius 3 is 2.63 bits per heavy atom. The van der Waals surface area contributed by atoms with Gasteiger partial charge in [0.15, 0.2) is 0 Å². The number of urea groups is 1. The van der Waals surface area contributed by atoms with Crippen LogP contribution in [0.5, 0.6) is 0 Å². The molecule has 0 radical (unpaired) electrons. The number of aliphatic hydroxyl groups excluding tert-OH is 1. The number of benzene rings is 1. The van der Waals surface area contributed by atoms with Gasteiger partial charge in [-0.2, -0.15) is 0 Å².